The summed E-state index contributed by atoms with van der Waals surface area (Å²) in [5, 5.41) is 0. The zero-order valence-corrected chi connectivity index (χ0v) is 19.1. The summed E-state index contributed by atoms with van der Waals surface area (Å²) < 4.78 is 28.3. The van der Waals surface area contributed by atoms with Gasteiger partial charge >= 0.3 is 0 Å². The maximum Gasteiger partial charge on any atom is 0.261 e. The van der Waals surface area contributed by atoms with Crippen LogP contribution >= 0.6 is 0 Å². The number of benzene rings is 2. The molecule has 2 saturated heterocycles. The van der Waals surface area contributed by atoms with E-state index in [4.69, 9.17) is 0 Å². The molecule has 0 atom stereocenters. The molecular formula is C24H31N3O3S. The Bertz CT molecular complexity index is 1040. The van der Waals surface area contributed by atoms with E-state index < -0.39 is 10.0 Å². The Hall–Kier alpha value is -2.38. The smallest absolute Gasteiger partial charge is 0.261 e. The molecule has 0 radical (unpaired) electrons. The number of likely N-dealkylation sites (tertiary alicyclic amines) is 2. The third-order valence-corrected chi connectivity index (χ3v) is 8.05. The van der Waals surface area contributed by atoms with E-state index in [-0.39, 0.29) is 10.8 Å². The molecule has 7 heteroatoms. The molecule has 1 amide bonds. The number of hydrogen-bond donors (Lipinski definition) is 1. The van der Waals surface area contributed by atoms with E-state index in [1.165, 1.54) is 38.1 Å². The van der Waals surface area contributed by atoms with Crippen molar-refractivity contribution in [3.05, 3.63) is 59.2 Å². The maximum atomic E-state index is 12.9. The number of aryl methyl sites for hydroxylation is 1. The molecule has 2 aromatic rings. The average molecular weight is 442 g/mol. The van der Waals surface area contributed by atoms with Crippen LogP contribution in [0.2, 0.25) is 0 Å². The van der Waals surface area contributed by atoms with Crippen LogP contribution in [0.3, 0.4) is 0 Å². The number of piperidine rings is 1. The topological polar surface area (TPSA) is 69.7 Å². The van der Waals surface area contributed by atoms with Gasteiger partial charge in [-0.2, -0.15) is 0 Å². The maximum absolute atomic E-state index is 12.9. The van der Waals surface area contributed by atoms with Crippen LogP contribution in [0.4, 0.5) is 5.69 Å². The van der Waals surface area contributed by atoms with E-state index >= 15 is 0 Å². The van der Waals surface area contributed by atoms with Gasteiger partial charge in [0.2, 0.25) is 0 Å². The molecule has 31 heavy (non-hydrogen) atoms. The largest absolute Gasteiger partial charge is 0.339 e. The van der Waals surface area contributed by atoms with E-state index in [9.17, 15) is 13.2 Å². The highest BCUT2D eigenvalue weighted by molar-refractivity contribution is 7.92. The summed E-state index contributed by atoms with van der Waals surface area (Å²) in [4.78, 5) is 17.5. The van der Waals surface area contributed by atoms with Crippen LogP contribution in [-0.2, 0) is 10.0 Å². The summed E-state index contributed by atoms with van der Waals surface area (Å²) >= 11 is 0. The average Bonchev–Trinajstić information content (AvgIpc) is 3.32. The number of nitrogens with zero attached hydrogens (tertiary/aromatic N) is 2. The Balaban J connectivity index is 1.40. The molecule has 0 aliphatic carbocycles. The Morgan fingerprint density at radius 1 is 0.935 bits per heavy atom. The highest BCUT2D eigenvalue weighted by Crippen LogP contribution is 2.24. The number of amides is 1. The molecule has 166 valence electrons. The predicted molar refractivity (Wildman–Crippen MR) is 123 cm³/mol. The lowest BCUT2D eigenvalue weighted by molar-refractivity contribution is 0.0644. The Labute approximate surface area is 185 Å². The molecule has 2 aromatic carbocycles. The highest BCUT2D eigenvalue weighted by atomic mass is 32.2. The second kappa shape index (κ2) is 9.01. The first-order chi connectivity index (χ1) is 14.8. The van der Waals surface area contributed by atoms with Crippen molar-refractivity contribution in [2.75, 3.05) is 30.9 Å². The van der Waals surface area contributed by atoms with Crippen LogP contribution in [0.5, 0.6) is 0 Å². The fourth-order valence-electron chi connectivity index (χ4n) is 4.57. The number of anilines is 1. The minimum absolute atomic E-state index is 0.0219. The molecule has 0 bridgehead atoms. The second-order valence-electron chi connectivity index (χ2n) is 8.64. The van der Waals surface area contributed by atoms with Gasteiger partial charge in [-0.15, -0.1) is 0 Å². The Kier molecular flexibility index (Phi) is 6.34. The third kappa shape index (κ3) is 4.77. The lowest BCUT2D eigenvalue weighted by Gasteiger charge is -2.36. The lowest BCUT2D eigenvalue weighted by Crippen LogP contribution is -2.45. The fraction of sp³-hybridized carbons (Fsp3) is 0.458. The van der Waals surface area contributed by atoms with Crippen molar-refractivity contribution in [2.45, 2.75) is 50.5 Å². The van der Waals surface area contributed by atoms with Gasteiger partial charge in [-0.25, -0.2) is 8.42 Å². The van der Waals surface area contributed by atoms with E-state index in [0.29, 0.717) is 17.3 Å². The Morgan fingerprint density at radius 3 is 2.23 bits per heavy atom. The van der Waals surface area contributed by atoms with Gasteiger partial charge in [-0.3, -0.25) is 9.52 Å². The summed E-state index contributed by atoms with van der Waals surface area (Å²) in [6.45, 7) is 7.72. The van der Waals surface area contributed by atoms with Crippen molar-refractivity contribution in [1.29, 1.82) is 0 Å². The summed E-state index contributed by atoms with van der Waals surface area (Å²) in [6.07, 6.45) is 4.59. The van der Waals surface area contributed by atoms with Gasteiger partial charge in [0.1, 0.15) is 0 Å². The summed E-state index contributed by atoms with van der Waals surface area (Å²) in [5.41, 5.74) is 3.02. The minimum atomic E-state index is -3.72. The third-order valence-electron chi connectivity index (χ3n) is 6.67. The van der Waals surface area contributed by atoms with E-state index in [2.05, 4.69) is 9.62 Å². The quantitative estimate of drug-likeness (QED) is 0.766. The zero-order valence-electron chi connectivity index (χ0n) is 18.3. The van der Waals surface area contributed by atoms with E-state index in [1.807, 2.05) is 30.9 Å². The van der Waals surface area contributed by atoms with Gasteiger partial charge in [0.25, 0.3) is 15.9 Å². The summed E-state index contributed by atoms with van der Waals surface area (Å²) in [7, 11) is -3.72. The highest BCUT2D eigenvalue weighted by Gasteiger charge is 2.28. The number of sulfonamides is 1. The number of carbonyl (C=O) groups excluding carboxylic acids is 1. The molecule has 0 unspecified atom stereocenters. The van der Waals surface area contributed by atoms with Crippen molar-refractivity contribution in [1.82, 2.24) is 9.80 Å². The first kappa shape index (κ1) is 21.8. The van der Waals surface area contributed by atoms with Gasteiger partial charge in [0, 0.05) is 24.7 Å². The summed E-state index contributed by atoms with van der Waals surface area (Å²) in [6, 6.07) is 12.4. The predicted octanol–water partition coefficient (Wildman–Crippen LogP) is 3.80. The first-order valence-electron chi connectivity index (χ1n) is 11.1. The Morgan fingerprint density at radius 2 is 1.58 bits per heavy atom. The molecule has 0 spiro atoms. The lowest BCUT2D eigenvalue weighted by atomic mass is 10.0. The molecule has 0 aromatic heterocycles. The molecule has 2 aliphatic rings. The van der Waals surface area contributed by atoms with Crippen molar-refractivity contribution < 1.29 is 13.2 Å². The number of rotatable bonds is 5. The van der Waals surface area contributed by atoms with Crippen LogP contribution in [0, 0.1) is 13.8 Å². The molecule has 1 N–H and O–H groups in total. The van der Waals surface area contributed by atoms with Gasteiger partial charge < -0.3 is 9.80 Å². The van der Waals surface area contributed by atoms with E-state index in [1.54, 1.807) is 18.2 Å². The van der Waals surface area contributed by atoms with Crippen LogP contribution in [0.15, 0.2) is 47.4 Å². The van der Waals surface area contributed by atoms with Crippen LogP contribution in [-0.4, -0.2) is 56.3 Å². The number of carbonyl (C=O) groups is 1. The number of nitrogens with one attached hydrogen (secondary N) is 1. The monoisotopic (exact) mass is 441 g/mol. The van der Waals surface area contributed by atoms with Crippen LogP contribution in [0.25, 0.3) is 0 Å². The minimum Gasteiger partial charge on any atom is -0.339 e. The van der Waals surface area contributed by atoms with Crippen LogP contribution < -0.4 is 4.72 Å². The van der Waals surface area contributed by atoms with Gasteiger partial charge in [-0.05, 0) is 94.1 Å². The fourth-order valence-corrected chi connectivity index (χ4v) is 5.69. The first-order valence-corrected chi connectivity index (χ1v) is 12.6. The zero-order chi connectivity index (χ0) is 22.0. The van der Waals surface area contributed by atoms with E-state index in [0.717, 1.165) is 37.1 Å². The van der Waals surface area contributed by atoms with Gasteiger partial charge in [0.05, 0.1) is 10.6 Å². The van der Waals surface area contributed by atoms with Crippen LogP contribution in [0.1, 0.15) is 47.2 Å². The molecule has 2 heterocycles. The van der Waals surface area contributed by atoms with Crippen molar-refractivity contribution in [3.8, 4) is 0 Å². The number of hydrogen-bond acceptors (Lipinski definition) is 4. The molecule has 0 saturated carbocycles. The SMILES string of the molecule is Cc1cccc(NS(=O)(=O)c2ccc(C(=O)N3CCC(N4CCCC4)CC3)cc2)c1C. The van der Waals surface area contributed by atoms with Crippen molar-refractivity contribution >= 4 is 21.6 Å². The second-order valence-corrected chi connectivity index (χ2v) is 10.3. The summed E-state index contributed by atoms with van der Waals surface area (Å²) in [5.74, 6) is -0.0219. The normalized spacial score (nSPS) is 18.3. The van der Waals surface area contributed by atoms with Crippen molar-refractivity contribution in [3.63, 3.8) is 0 Å². The molecule has 4 rings (SSSR count). The molecule has 2 aliphatic heterocycles. The molecule has 2 fully saturated rings. The van der Waals surface area contributed by atoms with Gasteiger partial charge in [0.15, 0.2) is 0 Å². The van der Waals surface area contributed by atoms with Gasteiger partial charge in [-0.1, -0.05) is 12.1 Å². The molecular weight excluding hydrogens is 410 g/mol. The van der Waals surface area contributed by atoms with Crippen molar-refractivity contribution in [2.24, 2.45) is 0 Å². The molecule has 6 nitrogen and oxygen atoms in total. The standard InChI is InChI=1S/C24H31N3O3S/c1-18-6-5-7-23(19(18)2)25-31(29,30)22-10-8-20(9-11-22)24(28)27-16-12-21(13-17-27)26-14-3-4-15-26/h5-11,21,25H,3-4,12-17H2,1-2H3.